The fraction of sp³-hybridized carbons (Fsp3) is 0.500. The van der Waals surface area contributed by atoms with Crippen molar-refractivity contribution >= 4 is 31.2 Å². The first-order chi connectivity index (χ1) is 17.8. The van der Waals surface area contributed by atoms with E-state index in [1.165, 1.54) is 5.56 Å². The number of rotatable bonds is 11. The highest BCUT2D eigenvalue weighted by Crippen LogP contribution is 2.37. The van der Waals surface area contributed by atoms with Crippen molar-refractivity contribution in [3.05, 3.63) is 42.5 Å². The highest BCUT2D eigenvalue weighted by molar-refractivity contribution is 6.76. The van der Waals surface area contributed by atoms with Crippen LogP contribution in [0.25, 0.3) is 5.65 Å². The highest BCUT2D eigenvalue weighted by Gasteiger charge is 2.46. The third kappa shape index (κ3) is 5.21. The van der Waals surface area contributed by atoms with Crippen molar-refractivity contribution in [3.63, 3.8) is 0 Å². The molecule has 13 heteroatoms. The number of aromatic nitrogens is 8. The lowest BCUT2D eigenvalue weighted by Gasteiger charge is -2.50. The van der Waals surface area contributed by atoms with Gasteiger partial charge in [0.1, 0.15) is 12.3 Å². The number of aryl methyl sites for hydroxylation is 1. The third-order valence-electron chi connectivity index (χ3n) is 6.66. The largest absolute Gasteiger partial charge is 0.363 e. The molecule has 4 aromatic rings. The fourth-order valence-electron chi connectivity index (χ4n) is 4.41. The Kier molecular flexibility index (Phi) is 6.70. The van der Waals surface area contributed by atoms with Crippen LogP contribution in [-0.2, 0) is 23.4 Å². The summed E-state index contributed by atoms with van der Waals surface area (Å²) in [7, 11) is -1.15. The van der Waals surface area contributed by atoms with E-state index in [2.05, 4.69) is 69.6 Å². The topological polar surface area (TPSA) is 127 Å². The van der Waals surface area contributed by atoms with Gasteiger partial charge < -0.3 is 15.0 Å². The van der Waals surface area contributed by atoms with Gasteiger partial charge in [0.2, 0.25) is 5.95 Å². The summed E-state index contributed by atoms with van der Waals surface area (Å²) in [5.41, 5.74) is 2.52. The first kappa shape index (κ1) is 24.9. The fourth-order valence-corrected chi connectivity index (χ4v) is 5.16. The number of ether oxygens (including phenoxy) is 1. The van der Waals surface area contributed by atoms with Gasteiger partial charge in [-0.25, -0.2) is 9.20 Å². The SMILES string of the molecule is CCc1cnn(C2(CC#N)CN(c3cccn4nc(Nc5cnnn5COCC[Si](C)(C)C)nc34)C2)c1. The second kappa shape index (κ2) is 9.95. The van der Waals surface area contributed by atoms with Crippen LogP contribution >= 0.6 is 0 Å². The maximum atomic E-state index is 9.51. The van der Waals surface area contributed by atoms with E-state index in [1.807, 2.05) is 29.2 Å². The number of nitrogens with zero attached hydrogens (tertiary/aromatic N) is 10. The first-order valence-corrected chi connectivity index (χ1v) is 16.3. The van der Waals surface area contributed by atoms with Crippen LogP contribution < -0.4 is 10.2 Å². The molecular weight excluding hydrogens is 486 g/mol. The van der Waals surface area contributed by atoms with Gasteiger partial charge in [0.15, 0.2) is 11.5 Å². The summed E-state index contributed by atoms with van der Waals surface area (Å²) in [4.78, 5) is 6.97. The van der Waals surface area contributed by atoms with Crippen molar-refractivity contribution in [1.82, 2.24) is 39.4 Å². The monoisotopic (exact) mass is 519 g/mol. The van der Waals surface area contributed by atoms with Crippen LogP contribution in [0.15, 0.2) is 36.9 Å². The van der Waals surface area contributed by atoms with Crippen molar-refractivity contribution < 1.29 is 4.74 Å². The molecule has 0 saturated carbocycles. The molecule has 0 bridgehead atoms. The van der Waals surface area contributed by atoms with E-state index in [0.29, 0.717) is 44.6 Å². The quantitative estimate of drug-likeness (QED) is 0.235. The molecule has 0 atom stereocenters. The van der Waals surface area contributed by atoms with Gasteiger partial charge >= 0.3 is 0 Å². The Labute approximate surface area is 216 Å². The van der Waals surface area contributed by atoms with Crippen molar-refractivity contribution in [2.45, 2.75) is 57.7 Å². The molecule has 37 heavy (non-hydrogen) atoms. The van der Waals surface area contributed by atoms with E-state index >= 15 is 0 Å². The minimum Gasteiger partial charge on any atom is -0.363 e. The van der Waals surface area contributed by atoms with Gasteiger partial charge in [0.05, 0.1) is 30.6 Å². The molecule has 0 unspecified atom stereocenters. The average molecular weight is 520 g/mol. The molecule has 12 nitrogen and oxygen atoms in total. The van der Waals surface area contributed by atoms with Crippen molar-refractivity contribution in [3.8, 4) is 6.07 Å². The van der Waals surface area contributed by atoms with Crippen LogP contribution in [0.5, 0.6) is 0 Å². The van der Waals surface area contributed by atoms with Gasteiger partial charge in [-0.3, -0.25) is 4.68 Å². The summed E-state index contributed by atoms with van der Waals surface area (Å²) in [6.45, 7) is 11.4. The first-order valence-electron chi connectivity index (χ1n) is 12.5. The molecule has 0 amide bonds. The number of nitrogens with one attached hydrogen (secondary N) is 1. The summed E-state index contributed by atoms with van der Waals surface area (Å²) < 4.78 is 11.2. The predicted octanol–water partition coefficient (Wildman–Crippen LogP) is 3.26. The minimum absolute atomic E-state index is 0.313. The van der Waals surface area contributed by atoms with Crippen LogP contribution in [0.2, 0.25) is 25.7 Å². The Morgan fingerprint density at radius 1 is 1.24 bits per heavy atom. The van der Waals surface area contributed by atoms with Crippen molar-refractivity contribution in [2.75, 3.05) is 29.9 Å². The lowest BCUT2D eigenvalue weighted by Crippen LogP contribution is -2.63. The van der Waals surface area contributed by atoms with Gasteiger partial charge in [0, 0.05) is 40.2 Å². The number of nitriles is 1. The zero-order chi connectivity index (χ0) is 26.0. The Bertz CT molecular complexity index is 1400. The Morgan fingerprint density at radius 3 is 2.81 bits per heavy atom. The zero-order valence-corrected chi connectivity index (χ0v) is 22.8. The standard InChI is InChI=1S/C24H33N11OSi/c1-5-19-13-27-35(15-19)24(8-9-25)16-32(17-24)20-7-6-10-33-22(20)29-23(30-33)28-21-14-26-31-34(21)18-36-11-12-37(2,3)4/h6-7,10,13-15H,5,8,11-12,16-18H2,1-4H3,(H,28,30). The van der Waals surface area contributed by atoms with Gasteiger partial charge in [-0.15, -0.1) is 10.2 Å². The second-order valence-electron chi connectivity index (χ2n) is 10.8. The van der Waals surface area contributed by atoms with E-state index in [0.717, 1.165) is 23.8 Å². The van der Waals surface area contributed by atoms with E-state index < -0.39 is 8.07 Å². The zero-order valence-electron chi connectivity index (χ0n) is 21.8. The lowest BCUT2D eigenvalue weighted by molar-refractivity contribution is 0.0787. The average Bonchev–Trinajstić information content (AvgIpc) is 3.58. The Morgan fingerprint density at radius 2 is 2.08 bits per heavy atom. The third-order valence-corrected chi connectivity index (χ3v) is 8.36. The van der Waals surface area contributed by atoms with E-state index in [4.69, 9.17) is 9.72 Å². The molecule has 0 radical (unpaired) electrons. The lowest BCUT2D eigenvalue weighted by atomic mass is 9.86. The number of hydrogen-bond donors (Lipinski definition) is 1. The summed E-state index contributed by atoms with van der Waals surface area (Å²) >= 11 is 0. The molecule has 1 aliphatic heterocycles. The molecular formula is C24H33N11OSi. The molecule has 1 fully saturated rings. The predicted molar refractivity (Wildman–Crippen MR) is 142 cm³/mol. The van der Waals surface area contributed by atoms with Crippen LogP contribution in [-0.4, -0.2) is 67.1 Å². The smallest absolute Gasteiger partial charge is 0.248 e. The van der Waals surface area contributed by atoms with Gasteiger partial charge in [-0.2, -0.15) is 15.3 Å². The van der Waals surface area contributed by atoms with Gasteiger partial charge in [-0.05, 0) is 30.2 Å². The molecule has 1 saturated heterocycles. The maximum absolute atomic E-state index is 9.51. The van der Waals surface area contributed by atoms with Crippen molar-refractivity contribution in [2.24, 2.45) is 0 Å². The highest BCUT2D eigenvalue weighted by atomic mass is 28.3. The van der Waals surface area contributed by atoms with Gasteiger partial charge in [-0.1, -0.05) is 31.8 Å². The molecule has 4 aromatic heterocycles. The number of anilines is 3. The van der Waals surface area contributed by atoms with E-state index in [1.54, 1.807) is 15.4 Å². The molecule has 5 rings (SSSR count). The summed E-state index contributed by atoms with van der Waals surface area (Å²) in [5, 5.41) is 30.0. The van der Waals surface area contributed by atoms with Crippen molar-refractivity contribution in [1.29, 1.82) is 5.26 Å². The molecule has 1 N–H and O–H groups in total. The van der Waals surface area contributed by atoms with Crippen LogP contribution in [0.3, 0.4) is 0 Å². The molecule has 0 aliphatic carbocycles. The Balaban J connectivity index is 1.30. The van der Waals surface area contributed by atoms with E-state index in [-0.39, 0.29) is 5.54 Å². The number of pyridine rings is 1. The maximum Gasteiger partial charge on any atom is 0.248 e. The summed E-state index contributed by atoms with van der Waals surface area (Å²) in [6.07, 6.45) is 8.76. The van der Waals surface area contributed by atoms with Crippen LogP contribution in [0, 0.1) is 11.3 Å². The summed E-state index contributed by atoms with van der Waals surface area (Å²) in [6, 6.07) is 7.42. The number of hydrogen-bond acceptors (Lipinski definition) is 9. The molecule has 194 valence electrons. The number of fused-ring (bicyclic) bond motifs is 1. The Hall–Kier alpha value is -3.76. The molecule has 5 heterocycles. The molecule has 0 aromatic carbocycles. The molecule has 1 aliphatic rings. The second-order valence-corrected chi connectivity index (χ2v) is 16.4. The van der Waals surface area contributed by atoms with Crippen LogP contribution in [0.1, 0.15) is 18.9 Å². The van der Waals surface area contributed by atoms with Gasteiger partial charge in [0.25, 0.3) is 0 Å². The van der Waals surface area contributed by atoms with E-state index in [9.17, 15) is 5.26 Å². The van der Waals surface area contributed by atoms with Crippen LogP contribution in [0.4, 0.5) is 17.5 Å². The summed E-state index contributed by atoms with van der Waals surface area (Å²) in [5.74, 6) is 1.11. The minimum atomic E-state index is -1.15. The molecule has 0 spiro atoms. The normalized spacial score (nSPS) is 15.1.